The Bertz CT molecular complexity index is 737. The number of aromatic nitrogens is 2. The molecule has 114 valence electrons. The van der Waals surface area contributed by atoms with E-state index >= 15 is 0 Å². The molecular formula is C16H23N3O2. The van der Waals surface area contributed by atoms with Crippen LogP contribution in [0, 0.1) is 5.41 Å². The smallest absolute Gasteiger partial charge is 0.314 e. The molecule has 1 atom stereocenters. The molecule has 0 aliphatic carbocycles. The van der Waals surface area contributed by atoms with Crippen LogP contribution < -0.4 is 16.4 Å². The minimum atomic E-state index is -0.619. The lowest BCUT2D eigenvalue weighted by Crippen LogP contribution is -2.33. The Hall–Kier alpha value is -1.88. The van der Waals surface area contributed by atoms with Gasteiger partial charge in [-0.25, -0.2) is 0 Å². The molecule has 0 bridgehead atoms. The fraction of sp³-hybridized carbons (Fsp3) is 0.500. The number of aromatic amines is 2. The summed E-state index contributed by atoms with van der Waals surface area (Å²) in [7, 11) is 0. The van der Waals surface area contributed by atoms with E-state index in [9.17, 15) is 9.59 Å². The summed E-state index contributed by atoms with van der Waals surface area (Å²) in [5.74, 6) is 0. The second kappa shape index (κ2) is 5.85. The van der Waals surface area contributed by atoms with Crippen LogP contribution in [0.3, 0.4) is 0 Å². The second-order valence-corrected chi connectivity index (χ2v) is 6.47. The zero-order valence-corrected chi connectivity index (χ0v) is 13.0. The minimum Gasteiger partial charge on any atom is -0.316 e. The highest BCUT2D eigenvalue weighted by Gasteiger charge is 2.25. The molecule has 1 unspecified atom stereocenters. The van der Waals surface area contributed by atoms with Gasteiger partial charge in [0.05, 0.1) is 11.0 Å². The third kappa shape index (κ3) is 3.42. The zero-order chi connectivity index (χ0) is 15.6. The molecule has 0 amide bonds. The monoisotopic (exact) mass is 289 g/mol. The topological polar surface area (TPSA) is 77.8 Å². The lowest BCUT2D eigenvalue weighted by Gasteiger charge is -2.32. The molecule has 0 saturated carbocycles. The molecule has 1 heterocycles. The summed E-state index contributed by atoms with van der Waals surface area (Å²) in [6, 6.07) is 5.95. The molecule has 0 aliphatic heterocycles. The van der Waals surface area contributed by atoms with Crippen LogP contribution in [0.2, 0.25) is 0 Å². The Kier molecular flexibility index (Phi) is 4.32. The molecule has 0 radical (unpaired) electrons. The largest absolute Gasteiger partial charge is 0.316 e. The van der Waals surface area contributed by atoms with Crippen molar-refractivity contribution in [2.24, 2.45) is 5.41 Å². The molecule has 1 aromatic carbocycles. The Morgan fingerprint density at radius 1 is 1.10 bits per heavy atom. The number of nitrogens with one attached hydrogen (secondary N) is 3. The van der Waals surface area contributed by atoms with Crippen molar-refractivity contribution in [3.8, 4) is 0 Å². The van der Waals surface area contributed by atoms with E-state index in [0.717, 1.165) is 18.5 Å². The van der Waals surface area contributed by atoms with E-state index in [1.54, 1.807) is 0 Å². The van der Waals surface area contributed by atoms with E-state index in [1.807, 2.05) is 18.2 Å². The fourth-order valence-corrected chi connectivity index (χ4v) is 2.52. The highest BCUT2D eigenvalue weighted by molar-refractivity contribution is 5.74. The van der Waals surface area contributed by atoms with Crippen molar-refractivity contribution in [1.82, 2.24) is 15.3 Å². The van der Waals surface area contributed by atoms with Gasteiger partial charge in [0.1, 0.15) is 0 Å². The van der Waals surface area contributed by atoms with Crippen LogP contribution in [0.1, 0.15) is 45.7 Å². The fourth-order valence-electron chi connectivity index (χ4n) is 2.52. The van der Waals surface area contributed by atoms with Crippen LogP contribution >= 0.6 is 0 Å². The molecule has 21 heavy (non-hydrogen) atoms. The lowest BCUT2D eigenvalue weighted by atomic mass is 9.82. The normalized spacial score (nSPS) is 13.5. The first-order valence-electron chi connectivity index (χ1n) is 7.32. The molecule has 5 nitrogen and oxygen atoms in total. The summed E-state index contributed by atoms with van der Waals surface area (Å²) in [4.78, 5) is 28.0. The van der Waals surface area contributed by atoms with E-state index in [-0.39, 0.29) is 11.5 Å². The third-order valence-electron chi connectivity index (χ3n) is 3.54. The number of hydrogen-bond donors (Lipinski definition) is 3. The molecule has 0 aliphatic rings. The van der Waals surface area contributed by atoms with Gasteiger partial charge in [0, 0.05) is 6.04 Å². The standard InChI is InChI=1S/C16H23N3O2/c1-5-8-17-13(16(2,3)4)10-6-7-11-12(9-10)19-15(21)14(20)18-11/h6-7,9,13,17H,5,8H2,1-4H3,(H,18,20)(H,19,21). The molecule has 0 fully saturated rings. The van der Waals surface area contributed by atoms with Crippen LogP contribution in [0.15, 0.2) is 27.8 Å². The zero-order valence-electron chi connectivity index (χ0n) is 13.0. The molecular weight excluding hydrogens is 266 g/mol. The quantitative estimate of drug-likeness (QED) is 0.756. The van der Waals surface area contributed by atoms with Crippen LogP contribution in [-0.2, 0) is 0 Å². The lowest BCUT2D eigenvalue weighted by molar-refractivity contribution is 0.273. The van der Waals surface area contributed by atoms with Crippen molar-refractivity contribution in [3.05, 3.63) is 44.5 Å². The van der Waals surface area contributed by atoms with E-state index in [4.69, 9.17) is 0 Å². The van der Waals surface area contributed by atoms with Gasteiger partial charge in [0.2, 0.25) is 0 Å². The average Bonchev–Trinajstić information content (AvgIpc) is 2.39. The Morgan fingerprint density at radius 2 is 1.71 bits per heavy atom. The maximum Gasteiger partial charge on any atom is 0.314 e. The highest BCUT2D eigenvalue weighted by atomic mass is 16.2. The molecule has 0 spiro atoms. The molecule has 1 aromatic heterocycles. The van der Waals surface area contributed by atoms with Crippen LogP contribution in [0.5, 0.6) is 0 Å². The first-order valence-corrected chi connectivity index (χ1v) is 7.32. The number of H-pyrrole nitrogens is 2. The first kappa shape index (κ1) is 15.5. The van der Waals surface area contributed by atoms with Crippen LogP contribution in [0.25, 0.3) is 11.0 Å². The van der Waals surface area contributed by atoms with Gasteiger partial charge in [-0.15, -0.1) is 0 Å². The van der Waals surface area contributed by atoms with Crippen LogP contribution in [0.4, 0.5) is 0 Å². The van der Waals surface area contributed by atoms with Crippen molar-refractivity contribution in [2.45, 2.75) is 40.2 Å². The van der Waals surface area contributed by atoms with Gasteiger partial charge in [-0.05, 0) is 36.1 Å². The number of hydrogen-bond acceptors (Lipinski definition) is 3. The maximum atomic E-state index is 11.5. The number of benzene rings is 1. The predicted molar refractivity (Wildman–Crippen MR) is 85.7 cm³/mol. The number of rotatable bonds is 4. The van der Waals surface area contributed by atoms with Crippen molar-refractivity contribution < 1.29 is 0 Å². The number of fused-ring (bicyclic) bond motifs is 1. The summed E-state index contributed by atoms with van der Waals surface area (Å²) in [6.45, 7) is 9.61. The molecule has 2 aromatic rings. The Balaban J connectivity index is 2.51. The third-order valence-corrected chi connectivity index (χ3v) is 3.54. The molecule has 2 rings (SSSR count). The van der Waals surface area contributed by atoms with E-state index < -0.39 is 11.1 Å². The van der Waals surface area contributed by atoms with E-state index in [1.165, 1.54) is 0 Å². The Labute approximate surface area is 123 Å². The molecule has 5 heteroatoms. The van der Waals surface area contributed by atoms with E-state index in [0.29, 0.717) is 11.0 Å². The van der Waals surface area contributed by atoms with Crippen molar-refractivity contribution in [1.29, 1.82) is 0 Å². The van der Waals surface area contributed by atoms with E-state index in [2.05, 4.69) is 43.0 Å². The first-order chi connectivity index (χ1) is 9.82. The van der Waals surface area contributed by atoms with Gasteiger partial charge in [-0.2, -0.15) is 0 Å². The van der Waals surface area contributed by atoms with Crippen molar-refractivity contribution >= 4 is 11.0 Å². The van der Waals surface area contributed by atoms with Gasteiger partial charge < -0.3 is 15.3 Å². The highest BCUT2D eigenvalue weighted by Crippen LogP contribution is 2.33. The van der Waals surface area contributed by atoms with Crippen molar-refractivity contribution in [2.75, 3.05) is 6.54 Å². The van der Waals surface area contributed by atoms with Gasteiger partial charge >= 0.3 is 11.1 Å². The second-order valence-electron chi connectivity index (χ2n) is 6.47. The summed E-state index contributed by atoms with van der Waals surface area (Å²) in [6.07, 6.45) is 1.06. The van der Waals surface area contributed by atoms with Crippen molar-refractivity contribution in [3.63, 3.8) is 0 Å². The summed E-state index contributed by atoms with van der Waals surface area (Å²) in [5, 5.41) is 3.55. The summed E-state index contributed by atoms with van der Waals surface area (Å²) >= 11 is 0. The SMILES string of the molecule is CCCNC(c1ccc2[nH]c(=O)c(=O)[nH]c2c1)C(C)(C)C. The molecule has 3 N–H and O–H groups in total. The predicted octanol–water partition coefficient (Wildman–Crippen LogP) is 2.30. The summed E-state index contributed by atoms with van der Waals surface area (Å²) in [5.41, 5.74) is 1.22. The average molecular weight is 289 g/mol. The van der Waals surface area contributed by atoms with Gasteiger partial charge in [0.15, 0.2) is 0 Å². The van der Waals surface area contributed by atoms with Gasteiger partial charge in [-0.1, -0.05) is 33.8 Å². The Morgan fingerprint density at radius 3 is 2.29 bits per heavy atom. The van der Waals surface area contributed by atoms with Crippen LogP contribution in [-0.4, -0.2) is 16.5 Å². The maximum absolute atomic E-state index is 11.5. The summed E-state index contributed by atoms with van der Waals surface area (Å²) < 4.78 is 0. The molecule has 0 saturated heterocycles. The van der Waals surface area contributed by atoms with Gasteiger partial charge in [-0.3, -0.25) is 9.59 Å². The minimum absolute atomic E-state index is 0.0470. The van der Waals surface area contributed by atoms with Gasteiger partial charge in [0.25, 0.3) is 0 Å².